The van der Waals surface area contributed by atoms with Gasteiger partial charge in [0.2, 0.25) is 5.91 Å². The third-order valence-corrected chi connectivity index (χ3v) is 7.46. The lowest BCUT2D eigenvalue weighted by molar-refractivity contribution is -0.119. The van der Waals surface area contributed by atoms with Crippen LogP contribution >= 0.6 is 11.8 Å². The largest absolute Gasteiger partial charge is 0.349 e. The van der Waals surface area contributed by atoms with Crippen LogP contribution in [0.1, 0.15) is 41.0 Å². The molecule has 1 unspecified atom stereocenters. The molecule has 0 aliphatic carbocycles. The minimum absolute atomic E-state index is 0.0351. The second-order valence-corrected chi connectivity index (χ2v) is 10.3. The fourth-order valence-electron chi connectivity index (χ4n) is 4.66. The maximum Gasteiger partial charge on any atom is 0.230 e. The molecular weight excluding hydrogens is 476 g/mol. The number of aryl methyl sites for hydroxylation is 2. The normalized spacial score (nSPS) is 12.0. The van der Waals surface area contributed by atoms with Crippen molar-refractivity contribution in [3.8, 4) is 5.69 Å². The molecule has 5 rings (SSSR count). The second-order valence-electron chi connectivity index (χ2n) is 9.33. The van der Waals surface area contributed by atoms with E-state index >= 15 is 0 Å². The number of carbonyl (C=O) groups excluding carboxylic acids is 1. The molecule has 0 radical (unpaired) electrons. The van der Waals surface area contributed by atoms with Crippen molar-refractivity contribution in [1.29, 1.82) is 0 Å². The van der Waals surface area contributed by atoms with E-state index in [1.807, 2.05) is 37.3 Å². The van der Waals surface area contributed by atoms with E-state index in [4.69, 9.17) is 0 Å². The summed E-state index contributed by atoms with van der Waals surface area (Å²) in [5.41, 5.74) is 5.65. The Morgan fingerprint density at radius 3 is 2.49 bits per heavy atom. The number of thioether (sulfide) groups is 1. The molecule has 0 saturated carbocycles. The quantitative estimate of drug-likeness (QED) is 0.241. The van der Waals surface area contributed by atoms with Crippen molar-refractivity contribution < 1.29 is 4.79 Å². The lowest BCUT2D eigenvalue weighted by atomic mass is 10.0. The molecule has 0 bridgehead atoms. The fourth-order valence-corrected chi connectivity index (χ4v) is 5.44. The highest BCUT2D eigenvalue weighted by Gasteiger charge is 2.19. The summed E-state index contributed by atoms with van der Waals surface area (Å²) in [5, 5.41) is 15.4. The zero-order valence-corrected chi connectivity index (χ0v) is 22.1. The first-order chi connectivity index (χ1) is 18.0. The molecule has 6 heteroatoms. The Labute approximate surface area is 222 Å². The van der Waals surface area contributed by atoms with Crippen molar-refractivity contribution in [3.05, 3.63) is 119 Å². The lowest BCUT2D eigenvalue weighted by Crippen LogP contribution is -2.28. The molecule has 0 spiro atoms. The van der Waals surface area contributed by atoms with Crippen molar-refractivity contribution in [3.63, 3.8) is 0 Å². The van der Waals surface area contributed by atoms with Gasteiger partial charge in [0.1, 0.15) is 5.82 Å². The van der Waals surface area contributed by atoms with Crippen LogP contribution in [0.3, 0.4) is 0 Å². The summed E-state index contributed by atoms with van der Waals surface area (Å²) < 4.78 is 2.11. The first-order valence-electron chi connectivity index (χ1n) is 12.5. The number of nitrogens with zero attached hydrogens (tertiary/aromatic N) is 3. The van der Waals surface area contributed by atoms with Crippen LogP contribution in [0, 0.1) is 13.8 Å². The van der Waals surface area contributed by atoms with Crippen molar-refractivity contribution >= 4 is 28.4 Å². The number of rotatable bonds is 8. The average molecular weight is 507 g/mol. The van der Waals surface area contributed by atoms with Crippen LogP contribution in [0.15, 0.2) is 96.2 Å². The SMILES string of the molecule is Cc1ccc(-n2c(Cc3cccc4ccccc34)nnc2SCC(=O)NC(C)c2ccccc2)c(C)c1. The third-order valence-electron chi connectivity index (χ3n) is 6.53. The monoisotopic (exact) mass is 506 g/mol. The van der Waals surface area contributed by atoms with Crippen LogP contribution in [-0.4, -0.2) is 26.4 Å². The van der Waals surface area contributed by atoms with Crippen LogP contribution in [0.4, 0.5) is 0 Å². The molecule has 5 aromatic rings. The molecule has 37 heavy (non-hydrogen) atoms. The van der Waals surface area contributed by atoms with Crippen LogP contribution in [0.2, 0.25) is 0 Å². The molecule has 186 valence electrons. The number of carbonyl (C=O) groups is 1. The average Bonchev–Trinajstić information content (AvgIpc) is 3.30. The zero-order valence-electron chi connectivity index (χ0n) is 21.3. The van der Waals surface area contributed by atoms with Gasteiger partial charge in [0.05, 0.1) is 17.5 Å². The van der Waals surface area contributed by atoms with E-state index in [1.165, 1.54) is 33.7 Å². The van der Waals surface area contributed by atoms with Crippen molar-refractivity contribution in [1.82, 2.24) is 20.1 Å². The molecule has 1 heterocycles. The first kappa shape index (κ1) is 24.8. The maximum absolute atomic E-state index is 12.8. The Bertz CT molecular complexity index is 1540. The smallest absolute Gasteiger partial charge is 0.230 e. The topological polar surface area (TPSA) is 59.8 Å². The van der Waals surface area contributed by atoms with E-state index in [2.05, 4.69) is 94.6 Å². The molecule has 5 nitrogen and oxygen atoms in total. The second kappa shape index (κ2) is 11.0. The van der Waals surface area contributed by atoms with Crippen molar-refractivity contribution in [2.45, 2.75) is 38.4 Å². The van der Waals surface area contributed by atoms with Gasteiger partial charge in [-0.25, -0.2) is 0 Å². The molecule has 1 N–H and O–H groups in total. The maximum atomic E-state index is 12.8. The lowest BCUT2D eigenvalue weighted by Gasteiger charge is -2.15. The highest BCUT2D eigenvalue weighted by Crippen LogP contribution is 2.28. The molecule has 0 saturated heterocycles. The summed E-state index contributed by atoms with van der Waals surface area (Å²) in [4.78, 5) is 12.8. The highest BCUT2D eigenvalue weighted by molar-refractivity contribution is 7.99. The van der Waals surface area contributed by atoms with Crippen LogP contribution in [-0.2, 0) is 11.2 Å². The third kappa shape index (κ3) is 5.59. The number of hydrogen-bond acceptors (Lipinski definition) is 4. The van der Waals surface area contributed by atoms with Gasteiger partial charge in [-0.3, -0.25) is 9.36 Å². The van der Waals surface area contributed by atoms with E-state index in [9.17, 15) is 4.79 Å². The molecule has 1 amide bonds. The van der Waals surface area contributed by atoms with E-state index in [0.29, 0.717) is 11.6 Å². The van der Waals surface area contributed by atoms with Crippen LogP contribution in [0.5, 0.6) is 0 Å². The number of aromatic nitrogens is 3. The number of fused-ring (bicyclic) bond motifs is 1. The highest BCUT2D eigenvalue weighted by atomic mass is 32.2. The van der Waals surface area contributed by atoms with Crippen LogP contribution in [0.25, 0.3) is 16.5 Å². The van der Waals surface area contributed by atoms with Gasteiger partial charge < -0.3 is 5.32 Å². The summed E-state index contributed by atoms with van der Waals surface area (Å²) in [6.45, 7) is 6.19. The Hall–Kier alpha value is -3.90. The van der Waals surface area contributed by atoms with Crippen molar-refractivity contribution in [2.75, 3.05) is 5.75 Å². The Morgan fingerprint density at radius 1 is 0.919 bits per heavy atom. The standard InChI is InChI=1S/C31H30N4OS/c1-21-16-17-28(22(2)18-21)35-29(19-26-14-9-13-25-12-7-8-15-27(25)26)33-34-31(35)37-20-30(36)32-23(3)24-10-5-4-6-11-24/h4-18,23H,19-20H2,1-3H3,(H,32,36). The van der Waals surface area contributed by atoms with E-state index in [1.54, 1.807) is 0 Å². The predicted molar refractivity (Wildman–Crippen MR) is 151 cm³/mol. The minimum Gasteiger partial charge on any atom is -0.349 e. The van der Waals surface area contributed by atoms with E-state index in [0.717, 1.165) is 22.6 Å². The van der Waals surface area contributed by atoms with Gasteiger partial charge >= 0.3 is 0 Å². The van der Waals surface area contributed by atoms with Crippen LogP contribution < -0.4 is 5.32 Å². The summed E-state index contributed by atoms with van der Waals surface area (Å²) >= 11 is 1.41. The molecule has 1 atom stereocenters. The predicted octanol–water partition coefficient (Wildman–Crippen LogP) is 6.60. The number of benzene rings is 4. The first-order valence-corrected chi connectivity index (χ1v) is 13.4. The molecular formula is C31H30N4OS. The van der Waals surface area contributed by atoms with Gasteiger partial charge in [-0.2, -0.15) is 0 Å². The van der Waals surface area contributed by atoms with Gasteiger partial charge in [0.25, 0.3) is 0 Å². The number of hydrogen-bond donors (Lipinski definition) is 1. The van der Waals surface area contributed by atoms with Gasteiger partial charge in [0.15, 0.2) is 5.16 Å². The summed E-state index contributed by atoms with van der Waals surface area (Å²) in [5.74, 6) is 1.07. The Balaban J connectivity index is 1.43. The number of nitrogens with one attached hydrogen (secondary N) is 1. The van der Waals surface area contributed by atoms with Gasteiger partial charge in [-0.05, 0) is 54.3 Å². The summed E-state index contributed by atoms with van der Waals surface area (Å²) in [6, 6.07) is 31.1. The van der Waals surface area contributed by atoms with Crippen molar-refractivity contribution in [2.24, 2.45) is 0 Å². The Kier molecular flexibility index (Phi) is 7.37. The fraction of sp³-hybridized carbons (Fsp3) is 0.194. The molecule has 0 aliphatic rings. The molecule has 0 fully saturated rings. The molecule has 1 aromatic heterocycles. The molecule has 4 aromatic carbocycles. The number of amides is 1. The van der Waals surface area contributed by atoms with Gasteiger partial charge in [0, 0.05) is 6.42 Å². The van der Waals surface area contributed by atoms with Gasteiger partial charge in [-0.15, -0.1) is 10.2 Å². The molecule has 0 aliphatic heterocycles. The summed E-state index contributed by atoms with van der Waals surface area (Å²) in [6.07, 6.45) is 0.638. The summed E-state index contributed by atoms with van der Waals surface area (Å²) in [7, 11) is 0. The van der Waals surface area contributed by atoms with Gasteiger partial charge in [-0.1, -0.05) is 102 Å². The Morgan fingerprint density at radius 2 is 1.68 bits per heavy atom. The van der Waals surface area contributed by atoms with E-state index < -0.39 is 0 Å². The van der Waals surface area contributed by atoms with E-state index in [-0.39, 0.29) is 17.7 Å². The zero-order chi connectivity index (χ0) is 25.8. The minimum atomic E-state index is -0.0616.